The van der Waals surface area contributed by atoms with Crippen molar-refractivity contribution in [2.75, 3.05) is 13.2 Å². The summed E-state index contributed by atoms with van der Waals surface area (Å²) in [6.07, 6.45) is 0.488. The highest BCUT2D eigenvalue weighted by atomic mass is 16.5. The van der Waals surface area contributed by atoms with E-state index in [2.05, 4.69) is 29.2 Å². The zero-order valence-corrected chi connectivity index (χ0v) is 9.61. The van der Waals surface area contributed by atoms with Gasteiger partial charge in [-0.05, 0) is 18.1 Å². The highest BCUT2D eigenvalue weighted by molar-refractivity contribution is 5.69. The fourth-order valence-corrected chi connectivity index (χ4v) is 2.04. The molecule has 2 rings (SSSR count). The molecule has 0 bridgehead atoms. The van der Waals surface area contributed by atoms with Crippen molar-refractivity contribution >= 4 is 5.97 Å². The molecule has 16 heavy (non-hydrogen) atoms. The molecule has 0 radical (unpaired) electrons. The van der Waals surface area contributed by atoms with Crippen LogP contribution in [0.3, 0.4) is 0 Å². The first kappa shape index (κ1) is 11.1. The number of hydrogen-bond donors (Lipinski definition) is 0. The minimum absolute atomic E-state index is 0.0987. The Kier molecular flexibility index (Phi) is 3.57. The average molecular weight is 219 g/mol. The van der Waals surface area contributed by atoms with Gasteiger partial charge in [0.05, 0.1) is 13.0 Å². The van der Waals surface area contributed by atoms with E-state index in [-0.39, 0.29) is 5.97 Å². The number of carbonyl (C=O) groups is 1. The first-order chi connectivity index (χ1) is 7.79. The van der Waals surface area contributed by atoms with Gasteiger partial charge in [0.1, 0.15) is 0 Å². The summed E-state index contributed by atoms with van der Waals surface area (Å²) in [6.45, 7) is 5.00. The molecule has 1 aromatic carbocycles. The third-order valence-electron chi connectivity index (χ3n) is 2.84. The molecule has 1 aliphatic heterocycles. The molecule has 0 saturated heterocycles. The van der Waals surface area contributed by atoms with Gasteiger partial charge in [-0.1, -0.05) is 24.3 Å². The summed E-state index contributed by atoms with van der Waals surface area (Å²) in [7, 11) is 0. The molecular weight excluding hydrogens is 202 g/mol. The molecule has 0 amide bonds. The quantitative estimate of drug-likeness (QED) is 0.725. The molecule has 0 unspecified atom stereocenters. The summed E-state index contributed by atoms with van der Waals surface area (Å²) in [5, 5.41) is 0. The van der Waals surface area contributed by atoms with Gasteiger partial charge in [-0.3, -0.25) is 9.69 Å². The van der Waals surface area contributed by atoms with Crippen molar-refractivity contribution < 1.29 is 9.53 Å². The number of nitrogens with zero attached hydrogens (tertiary/aromatic N) is 1. The first-order valence-electron chi connectivity index (χ1n) is 5.74. The maximum Gasteiger partial charge on any atom is 0.307 e. The zero-order valence-electron chi connectivity index (χ0n) is 9.61. The van der Waals surface area contributed by atoms with Crippen molar-refractivity contribution in [3.8, 4) is 0 Å². The molecule has 0 aromatic heterocycles. The molecule has 0 saturated carbocycles. The third-order valence-corrected chi connectivity index (χ3v) is 2.84. The van der Waals surface area contributed by atoms with E-state index in [1.165, 1.54) is 11.1 Å². The van der Waals surface area contributed by atoms with Crippen LogP contribution in [0.4, 0.5) is 0 Å². The maximum atomic E-state index is 11.2. The lowest BCUT2D eigenvalue weighted by Crippen LogP contribution is -2.21. The summed E-state index contributed by atoms with van der Waals surface area (Å²) in [4.78, 5) is 13.5. The van der Waals surface area contributed by atoms with Gasteiger partial charge in [0.15, 0.2) is 0 Å². The van der Waals surface area contributed by atoms with Crippen molar-refractivity contribution in [2.45, 2.75) is 26.4 Å². The fourth-order valence-electron chi connectivity index (χ4n) is 2.04. The van der Waals surface area contributed by atoms with Crippen molar-refractivity contribution in [2.24, 2.45) is 0 Å². The van der Waals surface area contributed by atoms with Crippen molar-refractivity contribution in [3.05, 3.63) is 35.4 Å². The predicted octanol–water partition coefficient (Wildman–Crippen LogP) is 1.96. The number of ether oxygens (including phenoxy) is 1. The normalized spacial score (nSPS) is 14.8. The standard InChI is InChI=1S/C13H17NO2/c1-2-16-13(15)7-8-14-9-11-5-3-4-6-12(11)10-14/h3-6H,2,7-10H2,1H3. The van der Waals surface area contributed by atoms with Crippen LogP contribution >= 0.6 is 0 Å². The van der Waals surface area contributed by atoms with E-state index in [9.17, 15) is 4.79 Å². The van der Waals surface area contributed by atoms with Crippen LogP contribution in [0, 0.1) is 0 Å². The van der Waals surface area contributed by atoms with Crippen LogP contribution in [-0.2, 0) is 22.6 Å². The van der Waals surface area contributed by atoms with Crippen molar-refractivity contribution in [1.29, 1.82) is 0 Å². The lowest BCUT2D eigenvalue weighted by molar-refractivity contribution is -0.143. The van der Waals surface area contributed by atoms with Gasteiger partial charge in [-0.25, -0.2) is 0 Å². The van der Waals surface area contributed by atoms with Gasteiger partial charge in [0.25, 0.3) is 0 Å². The van der Waals surface area contributed by atoms with Gasteiger partial charge in [-0.15, -0.1) is 0 Å². The number of hydrogen-bond acceptors (Lipinski definition) is 3. The lowest BCUT2D eigenvalue weighted by Gasteiger charge is -2.13. The molecule has 1 heterocycles. The number of rotatable bonds is 4. The summed E-state index contributed by atoms with van der Waals surface area (Å²) < 4.78 is 4.91. The first-order valence-corrected chi connectivity index (χ1v) is 5.74. The van der Waals surface area contributed by atoms with Gasteiger partial charge in [0.2, 0.25) is 0 Å². The van der Waals surface area contributed by atoms with Crippen molar-refractivity contribution in [3.63, 3.8) is 0 Å². The van der Waals surface area contributed by atoms with E-state index in [1.807, 2.05) is 6.92 Å². The summed E-state index contributed by atoms with van der Waals surface area (Å²) >= 11 is 0. The molecule has 0 aliphatic carbocycles. The molecule has 0 fully saturated rings. The Hall–Kier alpha value is -1.35. The van der Waals surface area contributed by atoms with Crippen LogP contribution < -0.4 is 0 Å². The smallest absolute Gasteiger partial charge is 0.307 e. The summed E-state index contributed by atoms with van der Waals surface area (Å²) in [6, 6.07) is 8.43. The average Bonchev–Trinajstić information content (AvgIpc) is 2.69. The molecule has 3 nitrogen and oxygen atoms in total. The second-order valence-corrected chi connectivity index (χ2v) is 4.03. The van der Waals surface area contributed by atoms with Crippen molar-refractivity contribution in [1.82, 2.24) is 4.90 Å². The Labute approximate surface area is 96.0 Å². The van der Waals surface area contributed by atoms with E-state index < -0.39 is 0 Å². The second kappa shape index (κ2) is 5.12. The molecule has 0 spiro atoms. The Balaban J connectivity index is 1.81. The molecule has 0 atom stereocenters. The van der Waals surface area contributed by atoms with Crippen LogP contribution in [0.5, 0.6) is 0 Å². The second-order valence-electron chi connectivity index (χ2n) is 4.03. The number of esters is 1. The molecule has 0 N–H and O–H groups in total. The van der Waals surface area contributed by atoms with Crippen LogP contribution in [-0.4, -0.2) is 24.0 Å². The minimum Gasteiger partial charge on any atom is -0.466 e. The van der Waals surface area contributed by atoms with Crippen LogP contribution in [0.25, 0.3) is 0 Å². The highest BCUT2D eigenvalue weighted by Crippen LogP contribution is 2.21. The third kappa shape index (κ3) is 2.61. The molecule has 86 valence electrons. The Morgan fingerprint density at radius 1 is 1.31 bits per heavy atom. The van der Waals surface area contributed by atoms with Crippen LogP contribution in [0.2, 0.25) is 0 Å². The lowest BCUT2D eigenvalue weighted by atomic mass is 10.1. The molecule has 3 heteroatoms. The fraction of sp³-hybridized carbons (Fsp3) is 0.462. The van der Waals surface area contributed by atoms with E-state index >= 15 is 0 Å². The Morgan fingerprint density at radius 3 is 2.50 bits per heavy atom. The number of carbonyl (C=O) groups excluding carboxylic acids is 1. The predicted molar refractivity (Wildman–Crippen MR) is 61.8 cm³/mol. The highest BCUT2D eigenvalue weighted by Gasteiger charge is 2.18. The monoisotopic (exact) mass is 219 g/mol. The molecule has 1 aromatic rings. The number of fused-ring (bicyclic) bond motifs is 1. The van der Waals surface area contributed by atoms with Gasteiger partial charge in [-0.2, -0.15) is 0 Å². The SMILES string of the molecule is CCOC(=O)CCN1Cc2ccccc2C1. The maximum absolute atomic E-state index is 11.2. The van der Waals surface area contributed by atoms with Gasteiger partial charge in [0, 0.05) is 19.6 Å². The topological polar surface area (TPSA) is 29.5 Å². The van der Waals surface area contributed by atoms with Crippen LogP contribution in [0.15, 0.2) is 24.3 Å². The summed E-state index contributed by atoms with van der Waals surface area (Å²) in [5.74, 6) is -0.0987. The molecule has 1 aliphatic rings. The molecular formula is C13H17NO2. The Bertz CT molecular complexity index is 351. The zero-order chi connectivity index (χ0) is 11.4. The van der Waals surface area contributed by atoms with E-state index in [4.69, 9.17) is 4.74 Å². The van der Waals surface area contributed by atoms with E-state index in [1.54, 1.807) is 0 Å². The van der Waals surface area contributed by atoms with E-state index in [0.29, 0.717) is 13.0 Å². The van der Waals surface area contributed by atoms with Gasteiger partial charge >= 0.3 is 5.97 Å². The summed E-state index contributed by atoms with van der Waals surface area (Å²) in [5.41, 5.74) is 2.76. The van der Waals surface area contributed by atoms with Crippen LogP contribution in [0.1, 0.15) is 24.5 Å². The minimum atomic E-state index is -0.0987. The Morgan fingerprint density at radius 2 is 1.94 bits per heavy atom. The largest absolute Gasteiger partial charge is 0.466 e. The number of benzene rings is 1. The van der Waals surface area contributed by atoms with Gasteiger partial charge < -0.3 is 4.74 Å². The van der Waals surface area contributed by atoms with E-state index in [0.717, 1.165) is 19.6 Å².